The summed E-state index contributed by atoms with van der Waals surface area (Å²) in [6, 6.07) is 1.71. The Kier molecular flexibility index (Phi) is 3.73. The zero-order valence-electron chi connectivity index (χ0n) is 9.39. The van der Waals surface area contributed by atoms with Gasteiger partial charge in [0.1, 0.15) is 11.2 Å². The van der Waals surface area contributed by atoms with Crippen molar-refractivity contribution in [1.82, 2.24) is 14.5 Å². The van der Waals surface area contributed by atoms with E-state index in [4.69, 9.17) is 4.74 Å². The average molecular weight is 298 g/mol. The number of aryl methyl sites for hydroxylation is 1. The van der Waals surface area contributed by atoms with Gasteiger partial charge in [-0.15, -0.1) is 0 Å². The standard InChI is InChI=1S/C11H12BrN3O2/c1-2-17-11(16)9-7-8-10(14-5-4-13-8)15(9)6-3-12/h4-5,7H,2-3,6H2,1H3. The van der Waals surface area contributed by atoms with E-state index >= 15 is 0 Å². The molecule has 0 aliphatic heterocycles. The number of alkyl halides is 1. The van der Waals surface area contributed by atoms with E-state index in [1.54, 1.807) is 25.4 Å². The van der Waals surface area contributed by atoms with Gasteiger partial charge in [0, 0.05) is 24.3 Å². The van der Waals surface area contributed by atoms with Crippen molar-refractivity contribution >= 4 is 33.1 Å². The van der Waals surface area contributed by atoms with E-state index in [1.165, 1.54) is 0 Å². The maximum Gasteiger partial charge on any atom is 0.355 e. The molecule has 0 saturated heterocycles. The molecular formula is C11H12BrN3O2. The summed E-state index contributed by atoms with van der Waals surface area (Å²) in [5, 5.41) is 0.736. The van der Waals surface area contributed by atoms with Crippen molar-refractivity contribution in [1.29, 1.82) is 0 Å². The molecule has 0 unspecified atom stereocenters. The van der Waals surface area contributed by atoms with Crippen LogP contribution in [0.4, 0.5) is 0 Å². The Morgan fingerprint density at radius 3 is 2.94 bits per heavy atom. The zero-order valence-corrected chi connectivity index (χ0v) is 11.0. The second-order valence-electron chi connectivity index (χ2n) is 3.36. The van der Waals surface area contributed by atoms with Crippen LogP contribution in [0.1, 0.15) is 17.4 Å². The maximum absolute atomic E-state index is 11.8. The molecule has 2 aromatic heterocycles. The van der Waals surface area contributed by atoms with E-state index in [9.17, 15) is 4.79 Å². The van der Waals surface area contributed by atoms with Crippen molar-refractivity contribution in [3.05, 3.63) is 24.2 Å². The predicted octanol–water partition coefficient (Wildman–Crippen LogP) is 2.00. The van der Waals surface area contributed by atoms with Crippen molar-refractivity contribution in [3.63, 3.8) is 0 Å². The Morgan fingerprint density at radius 2 is 2.24 bits per heavy atom. The summed E-state index contributed by atoms with van der Waals surface area (Å²) in [7, 11) is 0. The number of rotatable bonds is 4. The first kappa shape index (κ1) is 12.0. The summed E-state index contributed by atoms with van der Waals surface area (Å²) in [6.45, 7) is 2.79. The Morgan fingerprint density at radius 1 is 1.47 bits per heavy atom. The average Bonchev–Trinajstić information content (AvgIpc) is 2.70. The van der Waals surface area contributed by atoms with Crippen LogP contribution in [0.2, 0.25) is 0 Å². The number of hydrogen-bond acceptors (Lipinski definition) is 4. The SMILES string of the molecule is CCOC(=O)c1cc2nccnc2n1CCBr. The van der Waals surface area contributed by atoms with Gasteiger partial charge in [-0.25, -0.2) is 9.78 Å². The minimum Gasteiger partial charge on any atom is -0.461 e. The summed E-state index contributed by atoms with van der Waals surface area (Å²) in [6.07, 6.45) is 3.22. The van der Waals surface area contributed by atoms with Gasteiger partial charge >= 0.3 is 5.97 Å². The first-order chi connectivity index (χ1) is 8.27. The summed E-state index contributed by atoms with van der Waals surface area (Å²) in [5.74, 6) is -0.340. The highest BCUT2D eigenvalue weighted by atomic mass is 79.9. The van der Waals surface area contributed by atoms with Crippen LogP contribution < -0.4 is 0 Å². The number of halogens is 1. The van der Waals surface area contributed by atoms with Crippen LogP contribution in [0.3, 0.4) is 0 Å². The van der Waals surface area contributed by atoms with Crippen LogP contribution in [0, 0.1) is 0 Å². The van der Waals surface area contributed by atoms with E-state index in [2.05, 4.69) is 25.9 Å². The van der Waals surface area contributed by atoms with Gasteiger partial charge in [-0.1, -0.05) is 15.9 Å². The molecule has 6 heteroatoms. The number of aromatic nitrogens is 3. The molecule has 0 saturated carbocycles. The molecule has 0 aliphatic rings. The minimum absolute atomic E-state index is 0.340. The molecule has 17 heavy (non-hydrogen) atoms. The molecule has 0 N–H and O–H groups in total. The lowest BCUT2D eigenvalue weighted by atomic mass is 10.4. The highest BCUT2D eigenvalue weighted by Crippen LogP contribution is 2.16. The zero-order chi connectivity index (χ0) is 12.3. The van der Waals surface area contributed by atoms with Crippen LogP contribution in [0.25, 0.3) is 11.2 Å². The molecule has 0 bridgehead atoms. The summed E-state index contributed by atoms with van der Waals surface area (Å²) < 4.78 is 6.83. The second kappa shape index (κ2) is 5.27. The van der Waals surface area contributed by atoms with Crippen molar-refractivity contribution in [2.75, 3.05) is 11.9 Å². The molecule has 2 aromatic rings. The molecule has 5 nitrogen and oxygen atoms in total. The number of fused-ring (bicyclic) bond motifs is 1. The van der Waals surface area contributed by atoms with Gasteiger partial charge < -0.3 is 9.30 Å². The van der Waals surface area contributed by atoms with E-state index < -0.39 is 0 Å². The van der Waals surface area contributed by atoms with Crippen LogP contribution in [0.15, 0.2) is 18.5 Å². The summed E-state index contributed by atoms with van der Waals surface area (Å²) in [5.41, 5.74) is 1.90. The van der Waals surface area contributed by atoms with Crippen molar-refractivity contribution in [3.8, 4) is 0 Å². The van der Waals surface area contributed by atoms with E-state index in [0.29, 0.717) is 30.0 Å². The highest BCUT2D eigenvalue weighted by Gasteiger charge is 2.17. The third kappa shape index (κ3) is 2.31. The summed E-state index contributed by atoms with van der Waals surface area (Å²) >= 11 is 3.36. The predicted molar refractivity (Wildman–Crippen MR) is 67.3 cm³/mol. The van der Waals surface area contributed by atoms with Gasteiger partial charge in [0.2, 0.25) is 0 Å². The topological polar surface area (TPSA) is 57.0 Å². The Balaban J connectivity index is 2.53. The molecular weight excluding hydrogens is 286 g/mol. The number of carbonyl (C=O) groups is 1. The fourth-order valence-corrected chi connectivity index (χ4v) is 2.01. The van der Waals surface area contributed by atoms with Crippen LogP contribution in [-0.4, -0.2) is 32.4 Å². The van der Waals surface area contributed by atoms with Gasteiger partial charge in [-0.05, 0) is 13.0 Å². The van der Waals surface area contributed by atoms with Crippen molar-refractivity contribution in [2.45, 2.75) is 13.5 Å². The lowest BCUT2D eigenvalue weighted by Crippen LogP contribution is -2.13. The highest BCUT2D eigenvalue weighted by molar-refractivity contribution is 9.09. The molecule has 0 aliphatic carbocycles. The molecule has 0 amide bonds. The minimum atomic E-state index is -0.340. The Bertz CT molecular complexity index is 538. The number of nitrogens with zero attached hydrogens (tertiary/aromatic N) is 3. The van der Waals surface area contributed by atoms with Gasteiger partial charge in [0.25, 0.3) is 0 Å². The van der Waals surface area contributed by atoms with Gasteiger partial charge in [0.15, 0.2) is 5.65 Å². The third-order valence-electron chi connectivity index (χ3n) is 2.32. The van der Waals surface area contributed by atoms with Gasteiger partial charge in [-0.2, -0.15) is 0 Å². The van der Waals surface area contributed by atoms with E-state index in [0.717, 1.165) is 5.33 Å². The lowest BCUT2D eigenvalue weighted by molar-refractivity contribution is 0.0514. The number of carbonyl (C=O) groups excluding carboxylic acids is 1. The van der Waals surface area contributed by atoms with E-state index in [-0.39, 0.29) is 5.97 Å². The largest absolute Gasteiger partial charge is 0.461 e. The van der Waals surface area contributed by atoms with Crippen LogP contribution in [-0.2, 0) is 11.3 Å². The maximum atomic E-state index is 11.8. The van der Waals surface area contributed by atoms with Crippen LogP contribution in [0.5, 0.6) is 0 Å². The molecule has 2 heterocycles. The number of ether oxygens (including phenoxy) is 1. The molecule has 0 radical (unpaired) electrons. The monoisotopic (exact) mass is 297 g/mol. The molecule has 0 fully saturated rings. The Hall–Kier alpha value is -1.43. The molecule has 90 valence electrons. The number of esters is 1. The van der Waals surface area contributed by atoms with Gasteiger partial charge in [-0.3, -0.25) is 4.98 Å². The quantitative estimate of drug-likeness (QED) is 0.640. The molecule has 0 aromatic carbocycles. The third-order valence-corrected chi connectivity index (χ3v) is 2.67. The van der Waals surface area contributed by atoms with Crippen LogP contribution >= 0.6 is 15.9 Å². The van der Waals surface area contributed by atoms with Crippen molar-refractivity contribution in [2.24, 2.45) is 0 Å². The number of hydrogen-bond donors (Lipinski definition) is 0. The first-order valence-corrected chi connectivity index (χ1v) is 6.43. The molecule has 2 rings (SSSR count). The Labute approximate surface area is 107 Å². The lowest BCUT2D eigenvalue weighted by Gasteiger charge is -2.06. The smallest absolute Gasteiger partial charge is 0.355 e. The fourth-order valence-electron chi connectivity index (χ4n) is 1.66. The molecule has 0 spiro atoms. The van der Waals surface area contributed by atoms with Crippen molar-refractivity contribution < 1.29 is 9.53 Å². The van der Waals surface area contributed by atoms with E-state index in [1.807, 2.05) is 4.57 Å². The first-order valence-electron chi connectivity index (χ1n) is 5.31. The molecule has 0 atom stereocenters. The summed E-state index contributed by atoms with van der Waals surface area (Å²) in [4.78, 5) is 20.2. The van der Waals surface area contributed by atoms with Gasteiger partial charge in [0.05, 0.1) is 6.61 Å². The fraction of sp³-hybridized carbons (Fsp3) is 0.364. The normalized spacial score (nSPS) is 10.7. The second-order valence-corrected chi connectivity index (χ2v) is 4.15.